The highest BCUT2D eigenvalue weighted by molar-refractivity contribution is 5.69. The van der Waals surface area contributed by atoms with Crippen LogP contribution in [-0.2, 0) is 28.8 Å². The molecule has 2 rings (SSSR count). The fourth-order valence-electron chi connectivity index (χ4n) is 5.53. The Bertz CT molecular complexity index is 724. The maximum absolute atomic E-state index is 12.5. The summed E-state index contributed by atoms with van der Waals surface area (Å²) >= 11 is 0. The molecule has 2 N–H and O–H groups in total. The van der Waals surface area contributed by atoms with Gasteiger partial charge < -0.3 is 14.9 Å². The molecule has 1 aliphatic rings. The van der Waals surface area contributed by atoms with Gasteiger partial charge in [-0.1, -0.05) is 38.8 Å². The number of unbranched alkanes of at least 4 members (excludes halogenated alkanes) is 2. The maximum Gasteiger partial charge on any atom is 0.306 e. The minimum absolute atomic E-state index is 0.136. The fourth-order valence-corrected chi connectivity index (χ4v) is 5.53. The number of aryl methyl sites for hydroxylation is 3. The molecule has 0 spiro atoms. The van der Waals surface area contributed by atoms with Crippen LogP contribution in [0, 0.1) is 0 Å². The third kappa shape index (κ3) is 7.99. The molecule has 1 saturated heterocycles. The molecule has 188 valence electrons. The second-order valence-electron chi connectivity index (χ2n) is 11.0. The van der Waals surface area contributed by atoms with Gasteiger partial charge in [0, 0.05) is 24.0 Å². The molecule has 0 unspecified atom stereocenters. The van der Waals surface area contributed by atoms with Crippen LogP contribution in [0.25, 0.3) is 0 Å². The van der Waals surface area contributed by atoms with Crippen molar-refractivity contribution in [2.75, 3.05) is 13.2 Å². The van der Waals surface area contributed by atoms with Gasteiger partial charge in [-0.2, -0.15) is 0 Å². The molecule has 1 fully saturated rings. The Labute approximate surface area is 201 Å². The number of carbonyl (C=O) groups is 1. The third-order valence-corrected chi connectivity index (χ3v) is 7.05. The monoisotopic (exact) mass is 461 g/mol. The Morgan fingerprint density at radius 3 is 2.00 bits per heavy atom. The Hall–Kier alpha value is -1.59. The van der Waals surface area contributed by atoms with Crippen molar-refractivity contribution in [3.8, 4) is 5.75 Å². The van der Waals surface area contributed by atoms with E-state index in [2.05, 4.69) is 58.6 Å². The molecule has 1 aromatic rings. The van der Waals surface area contributed by atoms with E-state index >= 15 is 0 Å². The number of likely N-dealkylation sites (tertiary alicyclic amines) is 1. The van der Waals surface area contributed by atoms with Crippen molar-refractivity contribution in [2.24, 2.45) is 0 Å². The van der Waals surface area contributed by atoms with E-state index in [0.29, 0.717) is 31.7 Å². The summed E-state index contributed by atoms with van der Waals surface area (Å²) in [4.78, 5) is 14.8. The van der Waals surface area contributed by atoms with Gasteiger partial charge in [-0.3, -0.25) is 9.69 Å². The first-order valence-corrected chi connectivity index (χ1v) is 12.9. The van der Waals surface area contributed by atoms with Crippen LogP contribution in [0.4, 0.5) is 0 Å². The van der Waals surface area contributed by atoms with Crippen LogP contribution in [-0.4, -0.2) is 51.4 Å². The van der Waals surface area contributed by atoms with Crippen LogP contribution in [0.2, 0.25) is 0 Å². The molecule has 1 heterocycles. The topological polar surface area (TPSA) is 70.0 Å². The molecule has 33 heavy (non-hydrogen) atoms. The number of hydrogen-bond acceptors (Lipinski definition) is 5. The average molecular weight is 462 g/mol. The number of ether oxygens (including phenoxy) is 1. The Balaban J connectivity index is 1.93. The molecular formula is C28H47NO4. The highest BCUT2D eigenvalue weighted by atomic mass is 16.5. The predicted octanol–water partition coefficient (Wildman–Crippen LogP) is 5.57. The minimum atomic E-state index is -0.288. The number of phenols is 1. The zero-order chi connectivity index (χ0) is 24.6. The molecule has 0 aromatic heterocycles. The number of benzene rings is 1. The molecule has 1 aromatic carbocycles. The Morgan fingerprint density at radius 2 is 1.52 bits per heavy atom. The number of nitrogens with zero attached hydrogens (tertiary/aromatic N) is 1. The van der Waals surface area contributed by atoms with Crippen molar-refractivity contribution in [3.05, 3.63) is 28.8 Å². The zero-order valence-corrected chi connectivity index (χ0v) is 21.9. The summed E-state index contributed by atoms with van der Waals surface area (Å²) in [5.74, 6) is 0.265. The van der Waals surface area contributed by atoms with Gasteiger partial charge in [0.05, 0.1) is 6.10 Å². The lowest BCUT2D eigenvalue weighted by Crippen LogP contribution is -2.62. The predicted molar refractivity (Wildman–Crippen MR) is 135 cm³/mol. The van der Waals surface area contributed by atoms with E-state index < -0.39 is 0 Å². The largest absolute Gasteiger partial charge is 0.507 e. The van der Waals surface area contributed by atoms with E-state index in [0.717, 1.165) is 68.1 Å². The van der Waals surface area contributed by atoms with Crippen LogP contribution in [0.5, 0.6) is 5.75 Å². The summed E-state index contributed by atoms with van der Waals surface area (Å²) < 4.78 is 5.60. The highest BCUT2D eigenvalue weighted by Gasteiger charge is 2.44. The molecule has 0 atom stereocenters. The number of hydrogen-bond donors (Lipinski definition) is 2. The number of phenolic OH excluding ortho intramolecular Hbond substituents is 1. The van der Waals surface area contributed by atoms with Gasteiger partial charge in [-0.25, -0.2) is 0 Å². The van der Waals surface area contributed by atoms with Crippen LogP contribution in [0.3, 0.4) is 0 Å². The quantitative estimate of drug-likeness (QED) is 0.398. The fraction of sp³-hybridized carbons (Fsp3) is 0.750. The highest BCUT2D eigenvalue weighted by Crippen LogP contribution is 2.38. The first-order valence-electron chi connectivity index (χ1n) is 12.9. The standard InChI is InChI=1S/C28H47NO4/c1-7-9-11-22-17-21(18-23(26(22)32)12-10-8-2)13-14-25(31)33-16-15-29-27(3,4)19-24(30)20-28(29,5)6/h17-18,24,30,32H,7-16,19-20H2,1-6H3. The molecular weight excluding hydrogens is 414 g/mol. The Kier molecular flexibility index (Phi) is 10.2. The number of aromatic hydroxyl groups is 1. The number of piperidine rings is 1. The van der Waals surface area contributed by atoms with Crippen LogP contribution >= 0.6 is 0 Å². The van der Waals surface area contributed by atoms with E-state index in [1.807, 2.05) is 0 Å². The summed E-state index contributed by atoms with van der Waals surface area (Å²) in [6, 6.07) is 4.13. The van der Waals surface area contributed by atoms with Gasteiger partial charge in [0.15, 0.2) is 0 Å². The van der Waals surface area contributed by atoms with E-state index in [9.17, 15) is 15.0 Å². The van der Waals surface area contributed by atoms with Crippen LogP contribution < -0.4 is 0 Å². The normalized spacial score (nSPS) is 18.4. The van der Waals surface area contributed by atoms with Gasteiger partial charge in [0.25, 0.3) is 0 Å². The molecule has 0 aliphatic carbocycles. The Morgan fingerprint density at radius 1 is 1.00 bits per heavy atom. The zero-order valence-electron chi connectivity index (χ0n) is 21.9. The molecule has 0 radical (unpaired) electrons. The number of aliphatic hydroxyl groups excluding tert-OH is 1. The molecule has 1 aliphatic heterocycles. The minimum Gasteiger partial charge on any atom is -0.507 e. The van der Waals surface area contributed by atoms with E-state index in [1.54, 1.807) is 0 Å². The second-order valence-corrected chi connectivity index (χ2v) is 11.0. The molecule has 0 saturated carbocycles. The first-order chi connectivity index (χ1) is 15.5. The number of carbonyl (C=O) groups excluding carboxylic acids is 1. The lowest BCUT2D eigenvalue weighted by Gasteiger charge is -2.54. The lowest BCUT2D eigenvalue weighted by atomic mass is 9.78. The molecule has 5 heteroatoms. The van der Waals surface area contributed by atoms with Crippen molar-refractivity contribution >= 4 is 5.97 Å². The summed E-state index contributed by atoms with van der Waals surface area (Å²) in [5.41, 5.74) is 2.85. The summed E-state index contributed by atoms with van der Waals surface area (Å²) in [6.45, 7) is 13.9. The van der Waals surface area contributed by atoms with E-state index in [4.69, 9.17) is 4.74 Å². The second kappa shape index (κ2) is 12.2. The van der Waals surface area contributed by atoms with Crippen molar-refractivity contribution in [2.45, 2.75) is 123 Å². The van der Waals surface area contributed by atoms with E-state index in [-0.39, 0.29) is 23.2 Å². The molecule has 5 nitrogen and oxygen atoms in total. The first kappa shape index (κ1) is 27.7. The summed E-state index contributed by atoms with van der Waals surface area (Å²) in [6.07, 6.45) is 8.15. The van der Waals surface area contributed by atoms with Crippen molar-refractivity contribution in [1.29, 1.82) is 0 Å². The number of aliphatic hydroxyl groups is 1. The van der Waals surface area contributed by atoms with Gasteiger partial charge in [-0.05, 0) is 89.3 Å². The summed E-state index contributed by atoms with van der Waals surface area (Å²) in [5, 5.41) is 20.9. The van der Waals surface area contributed by atoms with Crippen molar-refractivity contribution < 1.29 is 19.7 Å². The van der Waals surface area contributed by atoms with Crippen LogP contribution in [0.1, 0.15) is 103 Å². The van der Waals surface area contributed by atoms with Crippen molar-refractivity contribution in [3.63, 3.8) is 0 Å². The molecule has 0 bridgehead atoms. The van der Waals surface area contributed by atoms with Crippen LogP contribution in [0.15, 0.2) is 12.1 Å². The van der Waals surface area contributed by atoms with E-state index in [1.165, 1.54) is 0 Å². The van der Waals surface area contributed by atoms with Crippen molar-refractivity contribution in [1.82, 2.24) is 4.90 Å². The maximum atomic E-state index is 12.5. The smallest absolute Gasteiger partial charge is 0.306 e. The molecule has 0 amide bonds. The van der Waals surface area contributed by atoms with Gasteiger partial charge >= 0.3 is 5.97 Å². The lowest BCUT2D eigenvalue weighted by molar-refractivity contribution is -0.147. The van der Waals surface area contributed by atoms with Gasteiger partial charge in [0.1, 0.15) is 12.4 Å². The van der Waals surface area contributed by atoms with Gasteiger partial charge in [0.2, 0.25) is 0 Å². The number of esters is 1. The average Bonchev–Trinajstić information content (AvgIpc) is 2.71. The number of rotatable bonds is 12. The third-order valence-electron chi connectivity index (χ3n) is 7.05. The van der Waals surface area contributed by atoms with Gasteiger partial charge in [-0.15, -0.1) is 0 Å². The SMILES string of the molecule is CCCCc1cc(CCC(=O)OCCN2C(C)(C)CC(O)CC2(C)C)cc(CCCC)c1O. The summed E-state index contributed by atoms with van der Waals surface area (Å²) in [7, 11) is 0.